The highest BCUT2D eigenvalue weighted by Gasteiger charge is 2.37. The predicted molar refractivity (Wildman–Crippen MR) is 88.8 cm³/mol. The average Bonchev–Trinajstić information content (AvgIpc) is 3.16. The fourth-order valence-electron chi connectivity index (χ4n) is 3.39. The van der Waals surface area contributed by atoms with E-state index in [1.54, 1.807) is 14.5 Å². The highest BCUT2D eigenvalue weighted by molar-refractivity contribution is 5.95. The van der Waals surface area contributed by atoms with Gasteiger partial charge in [0.2, 0.25) is 5.91 Å². The van der Waals surface area contributed by atoms with Gasteiger partial charge in [-0.25, -0.2) is 4.79 Å². The topological polar surface area (TPSA) is 79.7 Å². The number of nitrogens with one attached hydrogen (secondary N) is 1. The van der Waals surface area contributed by atoms with Crippen molar-refractivity contribution in [3.63, 3.8) is 0 Å². The summed E-state index contributed by atoms with van der Waals surface area (Å²) in [7, 11) is 1.85. The average molecular weight is 335 g/mol. The van der Waals surface area contributed by atoms with Crippen molar-refractivity contribution in [2.75, 3.05) is 38.2 Å². The molecule has 0 aromatic carbocycles. The number of ether oxygens (including phenoxy) is 1. The number of aromatic nitrogens is 2. The summed E-state index contributed by atoms with van der Waals surface area (Å²) < 4.78 is 7.04. The van der Waals surface area contributed by atoms with E-state index in [2.05, 4.69) is 10.4 Å². The Bertz CT molecular complexity index is 636. The monoisotopic (exact) mass is 335 g/mol. The minimum absolute atomic E-state index is 0.0329. The zero-order chi connectivity index (χ0) is 17.3. The summed E-state index contributed by atoms with van der Waals surface area (Å²) in [6, 6.07) is -0.598. The first kappa shape index (κ1) is 16.8. The molecule has 1 N–H and O–H groups in total. The Morgan fingerprint density at radius 1 is 1.21 bits per heavy atom. The van der Waals surface area contributed by atoms with E-state index in [0.717, 1.165) is 23.5 Å². The van der Waals surface area contributed by atoms with E-state index < -0.39 is 0 Å². The first-order chi connectivity index (χ1) is 11.5. The van der Waals surface area contributed by atoms with Crippen molar-refractivity contribution in [1.29, 1.82) is 0 Å². The normalized spacial score (nSPS) is 21.2. The van der Waals surface area contributed by atoms with Crippen LogP contribution < -0.4 is 5.32 Å². The summed E-state index contributed by atoms with van der Waals surface area (Å²) >= 11 is 0. The first-order valence-electron chi connectivity index (χ1n) is 8.43. The van der Waals surface area contributed by atoms with Crippen LogP contribution in [-0.2, 0) is 16.6 Å². The lowest BCUT2D eigenvalue weighted by molar-refractivity contribution is -0.139. The molecule has 24 heavy (non-hydrogen) atoms. The number of morpholine rings is 1. The van der Waals surface area contributed by atoms with Crippen molar-refractivity contribution in [1.82, 2.24) is 19.6 Å². The van der Waals surface area contributed by atoms with Crippen molar-refractivity contribution in [3.8, 4) is 0 Å². The molecule has 0 aliphatic carbocycles. The number of carbonyl (C=O) groups excluding carboxylic acids is 2. The molecule has 3 amide bonds. The van der Waals surface area contributed by atoms with Crippen LogP contribution in [0.25, 0.3) is 0 Å². The fraction of sp³-hybridized carbons (Fsp3) is 0.688. The minimum atomic E-state index is -0.375. The van der Waals surface area contributed by atoms with Crippen LogP contribution in [0.1, 0.15) is 24.2 Å². The molecule has 8 heteroatoms. The van der Waals surface area contributed by atoms with Crippen LogP contribution in [0.2, 0.25) is 0 Å². The number of hydrogen-bond donors (Lipinski definition) is 1. The van der Waals surface area contributed by atoms with Gasteiger partial charge in [-0.15, -0.1) is 0 Å². The van der Waals surface area contributed by atoms with Crippen molar-refractivity contribution < 1.29 is 14.3 Å². The number of amides is 3. The van der Waals surface area contributed by atoms with Gasteiger partial charge in [0.25, 0.3) is 0 Å². The molecule has 2 saturated heterocycles. The smallest absolute Gasteiger partial charge is 0.322 e. The lowest BCUT2D eigenvalue weighted by Gasteiger charge is -2.32. The van der Waals surface area contributed by atoms with Crippen LogP contribution in [-0.4, -0.2) is 70.4 Å². The number of hydrogen-bond acceptors (Lipinski definition) is 4. The number of nitrogens with zero attached hydrogens (tertiary/aromatic N) is 4. The number of aryl methyl sites for hydroxylation is 2. The second-order valence-electron chi connectivity index (χ2n) is 6.39. The van der Waals surface area contributed by atoms with Crippen LogP contribution in [0.15, 0.2) is 0 Å². The molecule has 1 atom stereocenters. The van der Waals surface area contributed by atoms with Crippen LogP contribution in [0.4, 0.5) is 10.5 Å². The van der Waals surface area contributed by atoms with Crippen molar-refractivity contribution in [2.24, 2.45) is 7.05 Å². The zero-order valence-corrected chi connectivity index (χ0v) is 14.5. The van der Waals surface area contributed by atoms with Crippen LogP contribution in [0, 0.1) is 13.8 Å². The molecule has 0 saturated carbocycles. The third-order valence-corrected chi connectivity index (χ3v) is 4.86. The van der Waals surface area contributed by atoms with E-state index in [1.807, 2.05) is 20.9 Å². The van der Waals surface area contributed by atoms with E-state index in [9.17, 15) is 9.59 Å². The number of urea groups is 1. The summed E-state index contributed by atoms with van der Waals surface area (Å²) in [6.45, 7) is 6.72. The second kappa shape index (κ2) is 6.80. The van der Waals surface area contributed by atoms with Gasteiger partial charge in [0.1, 0.15) is 6.04 Å². The first-order valence-corrected chi connectivity index (χ1v) is 8.43. The van der Waals surface area contributed by atoms with Gasteiger partial charge < -0.3 is 19.9 Å². The van der Waals surface area contributed by atoms with E-state index in [4.69, 9.17) is 4.74 Å². The van der Waals surface area contributed by atoms with Crippen LogP contribution in [0.3, 0.4) is 0 Å². The minimum Gasteiger partial charge on any atom is -0.378 e. The third kappa shape index (κ3) is 3.10. The van der Waals surface area contributed by atoms with Gasteiger partial charge in [0.05, 0.1) is 30.3 Å². The summed E-state index contributed by atoms with van der Waals surface area (Å²) in [5.74, 6) is 0.0329. The van der Waals surface area contributed by atoms with Crippen molar-refractivity contribution in [2.45, 2.75) is 32.7 Å². The Morgan fingerprint density at radius 3 is 2.54 bits per heavy atom. The maximum absolute atomic E-state index is 12.7. The largest absolute Gasteiger partial charge is 0.378 e. The molecule has 1 aromatic rings. The third-order valence-electron chi connectivity index (χ3n) is 4.86. The maximum atomic E-state index is 12.7. The van der Waals surface area contributed by atoms with Crippen LogP contribution >= 0.6 is 0 Å². The maximum Gasteiger partial charge on any atom is 0.322 e. The molecule has 0 bridgehead atoms. The van der Waals surface area contributed by atoms with Gasteiger partial charge in [0, 0.05) is 26.7 Å². The summed E-state index contributed by atoms with van der Waals surface area (Å²) in [6.07, 6.45) is 1.56. The molecule has 8 nitrogen and oxygen atoms in total. The number of rotatable bonds is 2. The SMILES string of the molecule is Cc1nn(C)c(C)c1NC(=O)N1CCC[C@H]1C(=O)N1CCOCC1. The standard InChI is InChI=1S/C16H25N5O3/c1-11-14(12(2)19(3)18-11)17-16(23)21-6-4-5-13(21)15(22)20-7-9-24-10-8-20/h13H,4-10H2,1-3H3,(H,17,23)/t13-/m0/s1. The van der Waals surface area contributed by atoms with Gasteiger partial charge in [-0.05, 0) is 26.7 Å². The molecule has 132 valence electrons. The van der Waals surface area contributed by atoms with Crippen molar-refractivity contribution >= 4 is 17.6 Å². The van der Waals surface area contributed by atoms with E-state index in [0.29, 0.717) is 39.3 Å². The lowest BCUT2D eigenvalue weighted by atomic mass is 10.2. The molecule has 1 aromatic heterocycles. The Balaban J connectivity index is 1.70. The highest BCUT2D eigenvalue weighted by atomic mass is 16.5. The predicted octanol–water partition coefficient (Wildman–Crippen LogP) is 0.892. The Kier molecular flexibility index (Phi) is 4.75. The zero-order valence-electron chi connectivity index (χ0n) is 14.5. The summed E-state index contributed by atoms with van der Waals surface area (Å²) in [5, 5.41) is 7.25. The molecular formula is C16H25N5O3. The molecule has 0 spiro atoms. The van der Waals surface area contributed by atoms with E-state index in [-0.39, 0.29) is 18.0 Å². The molecule has 2 fully saturated rings. The Labute approximate surface area is 141 Å². The lowest BCUT2D eigenvalue weighted by Crippen LogP contribution is -2.51. The van der Waals surface area contributed by atoms with Gasteiger partial charge >= 0.3 is 6.03 Å². The highest BCUT2D eigenvalue weighted by Crippen LogP contribution is 2.24. The molecule has 2 aliphatic heterocycles. The summed E-state index contributed by atoms with van der Waals surface area (Å²) in [5.41, 5.74) is 2.40. The molecule has 0 radical (unpaired) electrons. The molecule has 2 aliphatic rings. The molecule has 3 rings (SSSR count). The molecular weight excluding hydrogens is 310 g/mol. The summed E-state index contributed by atoms with van der Waals surface area (Å²) in [4.78, 5) is 28.9. The Morgan fingerprint density at radius 2 is 1.92 bits per heavy atom. The number of likely N-dealkylation sites (tertiary alicyclic amines) is 1. The van der Waals surface area contributed by atoms with Gasteiger partial charge in [-0.1, -0.05) is 0 Å². The van der Waals surface area contributed by atoms with Gasteiger partial charge in [0.15, 0.2) is 0 Å². The van der Waals surface area contributed by atoms with E-state index in [1.165, 1.54) is 0 Å². The molecule has 3 heterocycles. The second-order valence-corrected chi connectivity index (χ2v) is 6.39. The Hall–Kier alpha value is -2.09. The number of anilines is 1. The van der Waals surface area contributed by atoms with Gasteiger partial charge in [-0.3, -0.25) is 9.48 Å². The van der Waals surface area contributed by atoms with Crippen molar-refractivity contribution in [3.05, 3.63) is 11.4 Å². The quantitative estimate of drug-likeness (QED) is 0.870. The molecule has 0 unspecified atom stereocenters. The number of carbonyl (C=O) groups is 2. The van der Waals surface area contributed by atoms with E-state index >= 15 is 0 Å². The fourth-order valence-corrected chi connectivity index (χ4v) is 3.39. The van der Waals surface area contributed by atoms with Gasteiger partial charge in [-0.2, -0.15) is 5.10 Å². The van der Waals surface area contributed by atoms with Crippen LogP contribution in [0.5, 0.6) is 0 Å².